The molecule has 0 aliphatic rings. The van der Waals surface area contributed by atoms with Crippen molar-refractivity contribution in [3.63, 3.8) is 0 Å². The summed E-state index contributed by atoms with van der Waals surface area (Å²) in [5, 5.41) is 4.07. The number of nitrogens with one attached hydrogen (secondary N) is 1. The second-order valence-corrected chi connectivity index (χ2v) is 6.71. The summed E-state index contributed by atoms with van der Waals surface area (Å²) in [5.41, 5.74) is 1.48. The Bertz CT molecular complexity index is 748. The van der Waals surface area contributed by atoms with Crippen molar-refractivity contribution in [2.45, 2.75) is 26.3 Å². The van der Waals surface area contributed by atoms with Crippen LogP contribution in [0.3, 0.4) is 0 Å². The van der Waals surface area contributed by atoms with Crippen LogP contribution >= 0.6 is 23.2 Å². The molecule has 0 aliphatic heterocycles. The van der Waals surface area contributed by atoms with Gasteiger partial charge >= 0.3 is 0 Å². The molecule has 0 atom stereocenters. The van der Waals surface area contributed by atoms with E-state index in [1.54, 1.807) is 29.2 Å². The summed E-state index contributed by atoms with van der Waals surface area (Å²) in [6, 6.07) is 14.2. The van der Waals surface area contributed by atoms with Gasteiger partial charge in [0.05, 0.1) is 0 Å². The lowest BCUT2D eigenvalue weighted by Gasteiger charge is -2.21. The van der Waals surface area contributed by atoms with Gasteiger partial charge in [0.25, 0.3) is 5.91 Å². The topological polar surface area (TPSA) is 49.4 Å². The number of carbonyl (C=O) groups is 2. The van der Waals surface area contributed by atoms with E-state index in [0.717, 1.165) is 5.56 Å². The second kappa shape index (κ2) is 10.2. The summed E-state index contributed by atoms with van der Waals surface area (Å²) in [4.78, 5) is 26.2. The van der Waals surface area contributed by atoms with E-state index in [1.807, 2.05) is 31.2 Å². The summed E-state index contributed by atoms with van der Waals surface area (Å²) in [5.74, 6) is -0.120. The molecule has 0 heterocycles. The van der Waals surface area contributed by atoms with Gasteiger partial charge in [-0.3, -0.25) is 9.59 Å². The fourth-order valence-electron chi connectivity index (χ4n) is 2.51. The molecule has 2 aromatic rings. The maximum absolute atomic E-state index is 12.4. The Hall–Kier alpha value is -2.04. The van der Waals surface area contributed by atoms with Gasteiger partial charge in [-0.25, -0.2) is 0 Å². The molecule has 0 aliphatic carbocycles. The van der Waals surface area contributed by atoms with E-state index in [9.17, 15) is 9.59 Å². The molecule has 138 valence electrons. The van der Waals surface area contributed by atoms with E-state index < -0.39 is 0 Å². The van der Waals surface area contributed by atoms with E-state index in [2.05, 4.69) is 5.32 Å². The lowest BCUT2D eigenvalue weighted by molar-refractivity contribution is -0.131. The molecule has 0 saturated carbocycles. The smallest absolute Gasteiger partial charge is 0.251 e. The number of rotatable bonds is 8. The van der Waals surface area contributed by atoms with Crippen molar-refractivity contribution in [3.05, 3.63) is 69.7 Å². The van der Waals surface area contributed by atoms with Gasteiger partial charge in [0.15, 0.2) is 0 Å². The van der Waals surface area contributed by atoms with Crippen molar-refractivity contribution in [1.29, 1.82) is 0 Å². The Balaban J connectivity index is 1.77. The van der Waals surface area contributed by atoms with Gasteiger partial charge in [-0.1, -0.05) is 41.4 Å². The van der Waals surface area contributed by atoms with Gasteiger partial charge in [0.1, 0.15) is 0 Å². The lowest BCUT2D eigenvalue weighted by atomic mass is 10.2. The van der Waals surface area contributed by atoms with Crippen LogP contribution in [0.5, 0.6) is 0 Å². The number of halogens is 2. The quantitative estimate of drug-likeness (QED) is 0.669. The van der Waals surface area contributed by atoms with Crippen molar-refractivity contribution < 1.29 is 9.59 Å². The van der Waals surface area contributed by atoms with Crippen LogP contribution in [0, 0.1) is 0 Å². The molecular weight excluding hydrogens is 371 g/mol. The number of benzene rings is 2. The molecule has 2 amide bonds. The third-order valence-electron chi connectivity index (χ3n) is 4.01. The molecule has 0 spiro atoms. The fraction of sp³-hybridized carbons (Fsp3) is 0.300. The number of amides is 2. The lowest BCUT2D eigenvalue weighted by Crippen LogP contribution is -2.31. The van der Waals surface area contributed by atoms with E-state index in [1.165, 1.54) is 0 Å². The maximum atomic E-state index is 12.4. The van der Waals surface area contributed by atoms with Crippen molar-refractivity contribution in [3.8, 4) is 0 Å². The average Bonchev–Trinajstić information content (AvgIpc) is 2.64. The van der Waals surface area contributed by atoms with E-state index >= 15 is 0 Å². The minimum Gasteiger partial charge on any atom is -0.352 e. The van der Waals surface area contributed by atoms with Gasteiger partial charge in [0, 0.05) is 41.7 Å². The summed E-state index contributed by atoms with van der Waals surface area (Å²) in [7, 11) is 0. The highest BCUT2D eigenvalue weighted by atomic mass is 35.5. The SMILES string of the molecule is CCN(Cc1ccccc1Cl)C(=O)CCCNC(=O)c1ccc(Cl)cc1. The largest absolute Gasteiger partial charge is 0.352 e. The highest BCUT2D eigenvalue weighted by Crippen LogP contribution is 2.17. The van der Waals surface area contributed by atoms with Gasteiger partial charge in [-0.05, 0) is 49.2 Å². The molecule has 0 radical (unpaired) electrons. The zero-order valence-corrected chi connectivity index (χ0v) is 16.2. The molecule has 2 rings (SSSR count). The normalized spacial score (nSPS) is 10.4. The Labute approximate surface area is 164 Å². The standard InChI is InChI=1S/C20H22Cl2N2O2/c1-2-24(14-16-6-3-4-7-18(16)22)19(25)8-5-13-23-20(26)15-9-11-17(21)12-10-15/h3-4,6-7,9-12H,2,5,8,13-14H2,1H3,(H,23,26). The molecule has 0 fully saturated rings. The Morgan fingerprint density at radius 3 is 2.38 bits per heavy atom. The number of carbonyl (C=O) groups excluding carboxylic acids is 2. The molecule has 1 N–H and O–H groups in total. The maximum Gasteiger partial charge on any atom is 0.251 e. The molecule has 26 heavy (non-hydrogen) atoms. The summed E-state index contributed by atoms with van der Waals surface area (Å²) >= 11 is 12.0. The van der Waals surface area contributed by atoms with Crippen LogP contribution in [0.25, 0.3) is 0 Å². The monoisotopic (exact) mass is 392 g/mol. The van der Waals surface area contributed by atoms with E-state index in [4.69, 9.17) is 23.2 Å². The molecule has 0 bridgehead atoms. The summed E-state index contributed by atoms with van der Waals surface area (Å²) in [6.45, 7) is 3.49. The first-order valence-electron chi connectivity index (χ1n) is 8.56. The zero-order valence-electron chi connectivity index (χ0n) is 14.7. The van der Waals surface area contributed by atoms with Gasteiger partial charge in [-0.2, -0.15) is 0 Å². The van der Waals surface area contributed by atoms with Gasteiger partial charge in [0.2, 0.25) is 5.91 Å². The first-order chi connectivity index (χ1) is 12.5. The first-order valence-corrected chi connectivity index (χ1v) is 9.31. The van der Waals surface area contributed by atoms with Crippen LogP contribution in [0.2, 0.25) is 10.0 Å². The molecule has 0 unspecified atom stereocenters. The fourth-order valence-corrected chi connectivity index (χ4v) is 2.83. The van der Waals surface area contributed by atoms with Crippen molar-refractivity contribution in [1.82, 2.24) is 10.2 Å². The van der Waals surface area contributed by atoms with Crippen LogP contribution in [0.1, 0.15) is 35.7 Å². The first kappa shape index (κ1) is 20.3. The highest BCUT2D eigenvalue weighted by molar-refractivity contribution is 6.31. The predicted molar refractivity (Wildman–Crippen MR) is 106 cm³/mol. The summed E-state index contributed by atoms with van der Waals surface area (Å²) in [6.07, 6.45) is 0.955. The third kappa shape index (κ3) is 6.04. The molecule has 0 aromatic heterocycles. The van der Waals surface area contributed by atoms with Crippen LogP contribution < -0.4 is 5.32 Å². The predicted octanol–water partition coefficient (Wildman–Crippen LogP) is 4.55. The van der Waals surface area contributed by atoms with Crippen molar-refractivity contribution in [2.75, 3.05) is 13.1 Å². The van der Waals surface area contributed by atoms with Crippen LogP contribution in [-0.4, -0.2) is 29.8 Å². The zero-order chi connectivity index (χ0) is 18.9. The highest BCUT2D eigenvalue weighted by Gasteiger charge is 2.13. The van der Waals surface area contributed by atoms with E-state index in [0.29, 0.717) is 48.1 Å². The number of hydrogen-bond donors (Lipinski definition) is 1. The minimum absolute atomic E-state index is 0.0492. The van der Waals surface area contributed by atoms with E-state index in [-0.39, 0.29) is 11.8 Å². The van der Waals surface area contributed by atoms with Crippen molar-refractivity contribution in [2.24, 2.45) is 0 Å². The Morgan fingerprint density at radius 2 is 1.73 bits per heavy atom. The third-order valence-corrected chi connectivity index (χ3v) is 4.63. The number of nitrogens with zero attached hydrogens (tertiary/aromatic N) is 1. The summed E-state index contributed by atoms with van der Waals surface area (Å²) < 4.78 is 0. The average molecular weight is 393 g/mol. The molecular formula is C20H22Cl2N2O2. The molecule has 6 heteroatoms. The molecule has 0 saturated heterocycles. The van der Waals surface area contributed by atoms with Gasteiger partial charge in [-0.15, -0.1) is 0 Å². The Kier molecular flexibility index (Phi) is 7.95. The second-order valence-electron chi connectivity index (χ2n) is 5.87. The number of hydrogen-bond acceptors (Lipinski definition) is 2. The minimum atomic E-state index is -0.169. The molecule has 4 nitrogen and oxygen atoms in total. The van der Waals surface area contributed by atoms with Crippen LogP contribution in [-0.2, 0) is 11.3 Å². The molecule has 2 aromatic carbocycles. The van der Waals surface area contributed by atoms with Crippen LogP contribution in [0.15, 0.2) is 48.5 Å². The van der Waals surface area contributed by atoms with Gasteiger partial charge < -0.3 is 10.2 Å². The van der Waals surface area contributed by atoms with Crippen molar-refractivity contribution >= 4 is 35.0 Å². The Morgan fingerprint density at radius 1 is 1.04 bits per heavy atom. The van der Waals surface area contributed by atoms with Crippen LogP contribution in [0.4, 0.5) is 0 Å².